The Hall–Kier alpha value is -1.00. The van der Waals surface area contributed by atoms with E-state index in [9.17, 15) is 0 Å². The molecule has 0 heterocycles. The Morgan fingerprint density at radius 3 is 2.58 bits per heavy atom. The third-order valence-corrected chi connectivity index (χ3v) is 7.70. The predicted octanol–water partition coefficient (Wildman–Crippen LogP) is 6.53. The summed E-state index contributed by atoms with van der Waals surface area (Å²) < 4.78 is 13.6. The second-order valence-corrected chi connectivity index (χ2v) is 9.19. The van der Waals surface area contributed by atoms with Gasteiger partial charge >= 0.3 is 0 Å². The Morgan fingerprint density at radius 2 is 1.81 bits per heavy atom. The summed E-state index contributed by atoms with van der Waals surface area (Å²) in [6.07, 6.45) is 6.17. The molecule has 0 saturated heterocycles. The second-order valence-electron chi connectivity index (χ2n) is 7.48. The molecule has 1 fully saturated rings. The van der Waals surface area contributed by atoms with Crippen LogP contribution in [-0.2, 0) is 12.8 Å². The molecule has 1 unspecified atom stereocenters. The molecule has 0 amide bonds. The molecule has 1 saturated carbocycles. The summed E-state index contributed by atoms with van der Waals surface area (Å²) in [5.74, 6) is 3.96. The van der Waals surface area contributed by atoms with Gasteiger partial charge in [0.25, 0.3) is 0 Å². The van der Waals surface area contributed by atoms with Crippen molar-refractivity contribution in [2.24, 2.45) is 11.8 Å². The quantitative estimate of drug-likeness (QED) is 0.496. The molecule has 3 atom stereocenters. The highest BCUT2D eigenvalue weighted by Gasteiger charge is 2.42. The first kappa shape index (κ1) is 18.4. The number of hydrogen-bond acceptors (Lipinski definition) is 2. The average molecular weight is 480 g/mol. The van der Waals surface area contributed by atoms with Gasteiger partial charge in [0.15, 0.2) is 0 Å². The van der Waals surface area contributed by atoms with Gasteiger partial charge in [-0.2, -0.15) is 0 Å². The van der Waals surface area contributed by atoms with Crippen molar-refractivity contribution in [3.63, 3.8) is 0 Å². The third kappa shape index (κ3) is 3.20. The zero-order valence-corrected chi connectivity index (χ0v) is 18.4. The first-order valence-electron chi connectivity index (χ1n) is 9.30. The predicted molar refractivity (Wildman–Crippen MR) is 112 cm³/mol. The van der Waals surface area contributed by atoms with Crippen LogP contribution in [0.4, 0.5) is 0 Å². The lowest BCUT2D eigenvalue weighted by Crippen LogP contribution is -2.25. The summed E-state index contributed by atoms with van der Waals surface area (Å²) in [5.41, 5.74) is 4.27. The summed E-state index contributed by atoms with van der Waals surface area (Å²) >= 11 is 7.52. The Kier molecular flexibility index (Phi) is 5.34. The second kappa shape index (κ2) is 7.55. The molecule has 26 heavy (non-hydrogen) atoms. The minimum Gasteiger partial charge on any atom is -0.497 e. The van der Waals surface area contributed by atoms with Gasteiger partial charge in [0.1, 0.15) is 11.5 Å². The molecule has 0 aliphatic heterocycles. The number of hydrogen-bond donors (Lipinski definition) is 0. The van der Waals surface area contributed by atoms with Crippen molar-refractivity contribution in [2.45, 2.75) is 38.0 Å². The summed E-state index contributed by atoms with van der Waals surface area (Å²) in [4.78, 5) is 0. The van der Waals surface area contributed by atoms with Crippen LogP contribution in [0.25, 0.3) is 0 Å². The average Bonchev–Trinajstić information content (AvgIpc) is 3.05. The smallest absolute Gasteiger partial charge is 0.122 e. The Balaban J connectivity index is 1.71. The summed E-state index contributed by atoms with van der Waals surface area (Å²) in [5, 5.41) is 0. The topological polar surface area (TPSA) is 18.5 Å². The largest absolute Gasteiger partial charge is 0.497 e. The van der Waals surface area contributed by atoms with E-state index in [1.54, 1.807) is 14.2 Å². The number of halogens is 2. The molecule has 2 aliphatic rings. The first-order valence-corrected chi connectivity index (χ1v) is 10.9. The minimum absolute atomic E-state index is 0.587. The highest BCUT2D eigenvalue weighted by atomic mass is 79.9. The lowest BCUT2D eigenvalue weighted by molar-refractivity contribution is 0.230. The maximum absolute atomic E-state index is 5.77. The fourth-order valence-corrected chi connectivity index (χ4v) is 5.98. The maximum Gasteiger partial charge on any atom is 0.122 e. The van der Waals surface area contributed by atoms with E-state index in [1.807, 2.05) is 6.07 Å². The molecule has 2 aromatic rings. The molecule has 4 heteroatoms. The highest BCUT2D eigenvalue weighted by molar-refractivity contribution is 9.10. The van der Waals surface area contributed by atoms with E-state index in [0.29, 0.717) is 11.8 Å². The van der Waals surface area contributed by atoms with Gasteiger partial charge in [0, 0.05) is 14.5 Å². The van der Waals surface area contributed by atoms with E-state index in [-0.39, 0.29) is 0 Å². The SMILES string of the molecule is COc1ccc(Br)c(C[C@@H]2CCC[C@H]3Cc4c(Br)ccc(OC)c4C23)c1. The zero-order chi connectivity index (χ0) is 18.3. The molecule has 0 spiro atoms. The van der Waals surface area contributed by atoms with Gasteiger partial charge in [-0.3, -0.25) is 0 Å². The van der Waals surface area contributed by atoms with Crippen LogP contribution >= 0.6 is 31.9 Å². The molecule has 2 aromatic carbocycles. The molecule has 2 aliphatic carbocycles. The molecule has 2 nitrogen and oxygen atoms in total. The van der Waals surface area contributed by atoms with Gasteiger partial charge in [-0.05, 0) is 84.9 Å². The van der Waals surface area contributed by atoms with E-state index < -0.39 is 0 Å². The van der Waals surface area contributed by atoms with Crippen molar-refractivity contribution in [1.82, 2.24) is 0 Å². The molecule has 0 N–H and O–H groups in total. The van der Waals surface area contributed by atoms with Crippen LogP contribution in [0.3, 0.4) is 0 Å². The van der Waals surface area contributed by atoms with Crippen molar-refractivity contribution in [3.05, 3.63) is 56.0 Å². The lowest BCUT2D eigenvalue weighted by Gasteiger charge is -2.35. The highest BCUT2D eigenvalue weighted by Crippen LogP contribution is 2.55. The number of ether oxygens (including phenoxy) is 2. The van der Waals surface area contributed by atoms with Gasteiger partial charge < -0.3 is 9.47 Å². The van der Waals surface area contributed by atoms with E-state index in [4.69, 9.17) is 9.47 Å². The lowest BCUT2D eigenvalue weighted by atomic mass is 9.70. The Morgan fingerprint density at radius 1 is 1.00 bits per heavy atom. The monoisotopic (exact) mass is 478 g/mol. The first-order chi connectivity index (χ1) is 12.6. The molecule has 0 bridgehead atoms. The van der Waals surface area contributed by atoms with Gasteiger partial charge in [-0.15, -0.1) is 0 Å². The van der Waals surface area contributed by atoms with E-state index in [0.717, 1.165) is 23.8 Å². The molecule has 4 rings (SSSR count). The van der Waals surface area contributed by atoms with Crippen molar-refractivity contribution in [3.8, 4) is 11.5 Å². The van der Waals surface area contributed by atoms with Crippen LogP contribution in [-0.4, -0.2) is 14.2 Å². The van der Waals surface area contributed by atoms with E-state index in [1.165, 1.54) is 51.3 Å². The molecular formula is C22H24Br2O2. The van der Waals surface area contributed by atoms with Crippen molar-refractivity contribution in [2.75, 3.05) is 14.2 Å². The number of fused-ring (bicyclic) bond motifs is 3. The summed E-state index contributed by atoms with van der Waals surface area (Å²) in [6, 6.07) is 10.6. The van der Waals surface area contributed by atoms with Crippen LogP contribution in [0.5, 0.6) is 11.5 Å². The fraction of sp³-hybridized carbons (Fsp3) is 0.455. The van der Waals surface area contributed by atoms with Gasteiger partial charge in [0.2, 0.25) is 0 Å². The van der Waals surface area contributed by atoms with E-state index >= 15 is 0 Å². The van der Waals surface area contributed by atoms with Crippen molar-refractivity contribution in [1.29, 1.82) is 0 Å². The van der Waals surface area contributed by atoms with Crippen LogP contribution in [0, 0.1) is 11.8 Å². The minimum atomic E-state index is 0.587. The van der Waals surface area contributed by atoms with Gasteiger partial charge in [0.05, 0.1) is 14.2 Å². The maximum atomic E-state index is 5.77. The van der Waals surface area contributed by atoms with Crippen LogP contribution in [0.1, 0.15) is 41.9 Å². The Bertz CT molecular complexity index is 818. The summed E-state index contributed by atoms with van der Waals surface area (Å²) in [7, 11) is 3.53. The number of benzene rings is 2. The van der Waals surface area contributed by atoms with Crippen molar-refractivity contribution < 1.29 is 9.47 Å². The third-order valence-electron chi connectivity index (χ3n) is 6.18. The van der Waals surface area contributed by atoms with Crippen molar-refractivity contribution >= 4 is 31.9 Å². The molecular weight excluding hydrogens is 456 g/mol. The van der Waals surface area contributed by atoms with Crippen LogP contribution < -0.4 is 9.47 Å². The molecule has 0 radical (unpaired) electrons. The van der Waals surface area contributed by atoms with Gasteiger partial charge in [-0.25, -0.2) is 0 Å². The standard InChI is InChI=1S/C22H24Br2O2/c1-25-16-6-7-18(23)15(11-16)10-13-4-3-5-14-12-17-19(24)8-9-20(26-2)22(17)21(13)14/h6-9,11,13-14,21H,3-5,10,12H2,1-2H3/t13-,14-,21?/m0/s1. The fourth-order valence-electron chi connectivity index (χ4n) is 5.06. The number of methoxy groups -OCH3 is 2. The molecule has 0 aromatic heterocycles. The van der Waals surface area contributed by atoms with Gasteiger partial charge in [-0.1, -0.05) is 38.3 Å². The van der Waals surface area contributed by atoms with Crippen LogP contribution in [0.2, 0.25) is 0 Å². The van der Waals surface area contributed by atoms with E-state index in [2.05, 4.69) is 56.1 Å². The summed E-state index contributed by atoms with van der Waals surface area (Å²) in [6.45, 7) is 0. The van der Waals surface area contributed by atoms with Crippen LogP contribution in [0.15, 0.2) is 39.3 Å². The zero-order valence-electron chi connectivity index (χ0n) is 15.2. The molecule has 138 valence electrons. The number of rotatable bonds is 4. The normalized spacial score (nSPS) is 24.1. The Labute approximate surface area is 172 Å².